The zero-order chi connectivity index (χ0) is 13.7. The van der Waals surface area contributed by atoms with Crippen LogP contribution in [0.25, 0.3) is 0 Å². The van der Waals surface area contributed by atoms with E-state index in [1.54, 1.807) is 24.3 Å². The maximum Gasteiger partial charge on any atom is 0.232 e. The van der Waals surface area contributed by atoms with Gasteiger partial charge in [-0.15, -0.1) is 0 Å². The number of carbonyl (C=O) groups is 2. The molecule has 6 heteroatoms. The van der Waals surface area contributed by atoms with Crippen LogP contribution in [0.1, 0.15) is 17.0 Å². The van der Waals surface area contributed by atoms with Gasteiger partial charge in [0.05, 0.1) is 6.42 Å². The lowest BCUT2D eigenvalue weighted by atomic mass is 10.2. The minimum Gasteiger partial charge on any atom is -0.326 e. The van der Waals surface area contributed by atoms with Gasteiger partial charge >= 0.3 is 0 Å². The van der Waals surface area contributed by atoms with Crippen LogP contribution in [-0.4, -0.2) is 21.7 Å². The largest absolute Gasteiger partial charge is 0.326 e. The van der Waals surface area contributed by atoms with Gasteiger partial charge in [0, 0.05) is 11.9 Å². The summed E-state index contributed by atoms with van der Waals surface area (Å²) in [5.74, 6) is -0.952. The number of hydrogen-bond donors (Lipinski definition) is 1. The average molecular weight is 276 g/mol. The molecule has 0 spiro atoms. The molecule has 0 saturated heterocycles. The Kier molecular flexibility index (Phi) is 4.20. The summed E-state index contributed by atoms with van der Waals surface area (Å²) in [6.07, 6.45) is 1.05. The predicted molar refractivity (Wildman–Crippen MR) is 71.1 cm³/mol. The molecule has 0 aliphatic carbocycles. The molecule has 0 radical (unpaired) electrons. The first-order chi connectivity index (χ1) is 9.15. The number of anilines is 1. The van der Waals surface area contributed by atoms with Gasteiger partial charge in [0.15, 0.2) is 5.82 Å². The Morgan fingerprint density at radius 3 is 2.58 bits per heavy atom. The Hall–Kier alpha value is -2.27. The summed E-state index contributed by atoms with van der Waals surface area (Å²) in [5.41, 5.74) is 0.632. The number of ketones is 1. The second-order valence-electron chi connectivity index (χ2n) is 3.72. The van der Waals surface area contributed by atoms with Crippen LogP contribution in [-0.2, 0) is 4.79 Å². The molecular formula is C13H10ClN3O2. The number of amides is 1. The fourth-order valence-electron chi connectivity index (χ4n) is 1.42. The van der Waals surface area contributed by atoms with Crippen molar-refractivity contribution in [3.05, 3.63) is 53.6 Å². The van der Waals surface area contributed by atoms with Crippen molar-refractivity contribution < 1.29 is 9.59 Å². The lowest BCUT2D eigenvalue weighted by molar-refractivity contribution is -0.115. The van der Waals surface area contributed by atoms with Gasteiger partial charge < -0.3 is 5.32 Å². The lowest BCUT2D eigenvalue weighted by Crippen LogP contribution is -2.18. The normalized spacial score (nSPS) is 9.95. The van der Waals surface area contributed by atoms with Crippen LogP contribution < -0.4 is 5.32 Å². The van der Waals surface area contributed by atoms with E-state index in [2.05, 4.69) is 15.3 Å². The Morgan fingerprint density at radius 1 is 1.16 bits per heavy atom. The molecule has 0 aliphatic rings. The number of benzene rings is 1. The van der Waals surface area contributed by atoms with Gasteiger partial charge in [0.1, 0.15) is 5.15 Å². The van der Waals surface area contributed by atoms with E-state index in [0.717, 1.165) is 0 Å². The van der Waals surface area contributed by atoms with E-state index in [-0.39, 0.29) is 17.4 Å². The number of nitrogens with one attached hydrogen (secondary N) is 1. The zero-order valence-electron chi connectivity index (χ0n) is 9.84. The first-order valence-corrected chi connectivity index (χ1v) is 5.89. The summed E-state index contributed by atoms with van der Waals surface area (Å²) in [6.45, 7) is 0. The maximum absolute atomic E-state index is 11.8. The summed E-state index contributed by atoms with van der Waals surface area (Å²) in [4.78, 5) is 30.9. The van der Waals surface area contributed by atoms with Crippen molar-refractivity contribution in [2.24, 2.45) is 0 Å². The molecule has 1 amide bonds. The monoisotopic (exact) mass is 275 g/mol. The minimum absolute atomic E-state index is 0.0595. The van der Waals surface area contributed by atoms with Crippen molar-refractivity contribution in [2.45, 2.75) is 6.42 Å². The van der Waals surface area contributed by atoms with Gasteiger partial charge in [-0.25, -0.2) is 9.97 Å². The molecule has 1 aromatic heterocycles. The second kappa shape index (κ2) is 6.06. The quantitative estimate of drug-likeness (QED) is 0.528. The highest BCUT2D eigenvalue weighted by molar-refractivity contribution is 6.29. The third-order valence-corrected chi connectivity index (χ3v) is 2.46. The SMILES string of the molecule is O=C(CC(=O)c1nccc(Cl)n1)Nc1ccccc1. The lowest BCUT2D eigenvalue weighted by Gasteiger charge is -2.03. The van der Waals surface area contributed by atoms with E-state index < -0.39 is 11.7 Å². The second-order valence-corrected chi connectivity index (χ2v) is 4.10. The number of carbonyl (C=O) groups excluding carboxylic acids is 2. The molecule has 0 saturated carbocycles. The first-order valence-electron chi connectivity index (χ1n) is 5.52. The van der Waals surface area contributed by atoms with Crippen molar-refractivity contribution >= 4 is 29.0 Å². The molecule has 0 fully saturated rings. The molecule has 1 aromatic carbocycles. The number of halogens is 1. The van der Waals surface area contributed by atoms with Crippen molar-refractivity contribution in [3.8, 4) is 0 Å². The fourth-order valence-corrected chi connectivity index (χ4v) is 1.56. The minimum atomic E-state index is -0.476. The van der Waals surface area contributed by atoms with E-state index in [1.807, 2.05) is 6.07 Å². The zero-order valence-corrected chi connectivity index (χ0v) is 10.6. The Balaban J connectivity index is 1.98. The molecule has 0 bridgehead atoms. The van der Waals surface area contributed by atoms with E-state index in [9.17, 15) is 9.59 Å². The molecule has 0 unspecified atom stereocenters. The van der Waals surface area contributed by atoms with Crippen LogP contribution in [0, 0.1) is 0 Å². The van der Waals surface area contributed by atoms with Crippen LogP contribution in [0.15, 0.2) is 42.6 Å². The molecule has 96 valence electrons. The van der Waals surface area contributed by atoms with Gasteiger partial charge in [0.2, 0.25) is 11.7 Å². The van der Waals surface area contributed by atoms with Gasteiger partial charge in [-0.2, -0.15) is 0 Å². The molecule has 5 nitrogen and oxygen atoms in total. The number of aromatic nitrogens is 2. The van der Waals surface area contributed by atoms with Crippen LogP contribution in [0.4, 0.5) is 5.69 Å². The van der Waals surface area contributed by atoms with Crippen molar-refractivity contribution in [3.63, 3.8) is 0 Å². The molecule has 1 N–H and O–H groups in total. The van der Waals surface area contributed by atoms with Crippen LogP contribution >= 0.6 is 11.6 Å². The fraction of sp³-hybridized carbons (Fsp3) is 0.0769. The molecular weight excluding hydrogens is 266 g/mol. The molecule has 1 heterocycles. The Morgan fingerprint density at radius 2 is 1.89 bits per heavy atom. The molecule has 2 rings (SSSR count). The third-order valence-electron chi connectivity index (χ3n) is 2.25. The molecule has 0 atom stereocenters. The van der Waals surface area contributed by atoms with Gasteiger partial charge in [0.25, 0.3) is 0 Å². The van der Waals surface area contributed by atoms with E-state index in [1.165, 1.54) is 12.3 Å². The summed E-state index contributed by atoms with van der Waals surface area (Å²) >= 11 is 5.65. The average Bonchev–Trinajstić information content (AvgIpc) is 2.39. The van der Waals surface area contributed by atoms with Crippen molar-refractivity contribution in [1.29, 1.82) is 0 Å². The van der Waals surface area contributed by atoms with E-state index in [4.69, 9.17) is 11.6 Å². The van der Waals surface area contributed by atoms with Gasteiger partial charge in [-0.05, 0) is 18.2 Å². The topological polar surface area (TPSA) is 72.0 Å². The van der Waals surface area contributed by atoms with Crippen LogP contribution in [0.2, 0.25) is 5.15 Å². The summed E-state index contributed by atoms with van der Waals surface area (Å²) in [6, 6.07) is 10.3. The molecule has 19 heavy (non-hydrogen) atoms. The standard InChI is InChI=1S/C13H10ClN3O2/c14-11-6-7-15-13(17-11)10(18)8-12(19)16-9-4-2-1-3-5-9/h1-7H,8H2,(H,16,19). The Labute approximate surface area is 114 Å². The number of Topliss-reactive ketones (excluding diaryl/α,β-unsaturated/α-hetero) is 1. The van der Waals surface area contributed by atoms with Crippen molar-refractivity contribution in [1.82, 2.24) is 9.97 Å². The number of hydrogen-bond acceptors (Lipinski definition) is 4. The van der Waals surface area contributed by atoms with Crippen molar-refractivity contribution in [2.75, 3.05) is 5.32 Å². The summed E-state index contributed by atoms with van der Waals surface area (Å²) in [7, 11) is 0. The number of rotatable bonds is 4. The smallest absolute Gasteiger partial charge is 0.232 e. The molecule has 2 aromatic rings. The van der Waals surface area contributed by atoms with E-state index >= 15 is 0 Å². The molecule has 0 aliphatic heterocycles. The number of para-hydroxylation sites is 1. The third kappa shape index (κ3) is 3.86. The van der Waals surface area contributed by atoms with Crippen LogP contribution in [0.3, 0.4) is 0 Å². The van der Waals surface area contributed by atoms with Gasteiger partial charge in [-0.1, -0.05) is 29.8 Å². The van der Waals surface area contributed by atoms with Gasteiger partial charge in [-0.3, -0.25) is 9.59 Å². The highest BCUT2D eigenvalue weighted by atomic mass is 35.5. The first kappa shape index (κ1) is 13.2. The maximum atomic E-state index is 11.8. The highest BCUT2D eigenvalue weighted by Gasteiger charge is 2.14. The van der Waals surface area contributed by atoms with Crippen LogP contribution in [0.5, 0.6) is 0 Å². The highest BCUT2D eigenvalue weighted by Crippen LogP contribution is 2.07. The number of nitrogens with zero attached hydrogens (tertiary/aromatic N) is 2. The predicted octanol–water partition coefficient (Wildman–Crippen LogP) is 2.34. The van der Waals surface area contributed by atoms with E-state index in [0.29, 0.717) is 5.69 Å². The Bertz CT molecular complexity index is 602. The summed E-state index contributed by atoms with van der Waals surface area (Å²) in [5, 5.41) is 2.78. The summed E-state index contributed by atoms with van der Waals surface area (Å²) < 4.78 is 0.